The Morgan fingerprint density at radius 1 is 1.50 bits per heavy atom. The molecule has 1 saturated heterocycles. The lowest BCUT2D eigenvalue weighted by molar-refractivity contribution is 0.370. The number of halogens is 1. The van der Waals surface area contributed by atoms with Crippen LogP contribution in [-0.4, -0.2) is 6.54 Å². The monoisotopic (exact) mass is 165 g/mol. The van der Waals surface area contributed by atoms with Gasteiger partial charge in [-0.1, -0.05) is 12.1 Å². The van der Waals surface area contributed by atoms with Gasteiger partial charge in [-0.3, -0.25) is 0 Å². The molecule has 64 valence electrons. The molecule has 2 rings (SSSR count). The predicted octanol–water partition coefficient (Wildman–Crippen LogP) is 2.17. The van der Waals surface area contributed by atoms with Crippen molar-refractivity contribution in [1.29, 1.82) is 0 Å². The van der Waals surface area contributed by atoms with E-state index in [1.165, 1.54) is 0 Å². The minimum atomic E-state index is -0.0767. The number of hydrogen-bond donors (Lipinski definition) is 1. The maximum absolute atomic E-state index is 13.3. The molecule has 1 aliphatic rings. The van der Waals surface area contributed by atoms with Crippen LogP contribution in [0.4, 0.5) is 4.39 Å². The molecule has 1 fully saturated rings. The fraction of sp³-hybridized carbons (Fsp3) is 0.400. The molecule has 1 aromatic rings. The number of aryl methyl sites for hydroxylation is 1. The van der Waals surface area contributed by atoms with Crippen LogP contribution in [-0.2, 0) is 0 Å². The van der Waals surface area contributed by atoms with Crippen molar-refractivity contribution in [2.45, 2.75) is 19.4 Å². The molecule has 0 amide bonds. The number of nitrogens with one attached hydrogen (secondary N) is 1. The van der Waals surface area contributed by atoms with E-state index < -0.39 is 0 Å². The van der Waals surface area contributed by atoms with Gasteiger partial charge in [-0.25, -0.2) is 4.39 Å². The summed E-state index contributed by atoms with van der Waals surface area (Å²) >= 11 is 0. The molecule has 1 aromatic carbocycles. The van der Waals surface area contributed by atoms with Crippen molar-refractivity contribution < 1.29 is 4.39 Å². The Hall–Kier alpha value is -0.890. The Labute approximate surface area is 71.6 Å². The van der Waals surface area contributed by atoms with Gasteiger partial charge in [0.15, 0.2) is 0 Å². The predicted molar refractivity (Wildman–Crippen MR) is 46.5 cm³/mol. The van der Waals surface area contributed by atoms with Crippen molar-refractivity contribution in [3.05, 3.63) is 35.1 Å². The van der Waals surface area contributed by atoms with E-state index >= 15 is 0 Å². The summed E-state index contributed by atoms with van der Waals surface area (Å²) in [5.74, 6) is -0.0767. The maximum Gasteiger partial charge on any atom is 0.128 e. The van der Waals surface area contributed by atoms with Gasteiger partial charge in [0, 0.05) is 11.6 Å². The molecule has 1 heterocycles. The first-order valence-corrected chi connectivity index (χ1v) is 4.27. The summed E-state index contributed by atoms with van der Waals surface area (Å²) in [5.41, 5.74) is 1.79. The smallest absolute Gasteiger partial charge is 0.128 e. The van der Waals surface area contributed by atoms with Gasteiger partial charge >= 0.3 is 0 Å². The summed E-state index contributed by atoms with van der Waals surface area (Å²) in [7, 11) is 0. The molecule has 1 nitrogen and oxygen atoms in total. The molecule has 1 atom stereocenters. The summed E-state index contributed by atoms with van der Waals surface area (Å²) in [5, 5.41) is 3.18. The molecule has 2 heteroatoms. The van der Waals surface area contributed by atoms with Crippen molar-refractivity contribution in [2.75, 3.05) is 6.54 Å². The second kappa shape index (κ2) is 2.87. The number of rotatable bonds is 1. The first-order chi connectivity index (χ1) is 5.77. The minimum absolute atomic E-state index is 0.0767. The van der Waals surface area contributed by atoms with E-state index in [4.69, 9.17) is 0 Å². The van der Waals surface area contributed by atoms with Crippen molar-refractivity contribution in [1.82, 2.24) is 5.32 Å². The molecular weight excluding hydrogens is 153 g/mol. The quantitative estimate of drug-likeness (QED) is 0.672. The Balaban J connectivity index is 2.31. The lowest BCUT2D eigenvalue weighted by Gasteiger charge is -2.28. The third-order valence-corrected chi connectivity index (χ3v) is 2.36. The van der Waals surface area contributed by atoms with Gasteiger partial charge in [0.05, 0.1) is 0 Å². The SMILES string of the molecule is Cc1ccc(C2CCN2)c(F)c1. The lowest BCUT2D eigenvalue weighted by atomic mass is 9.97. The molecule has 12 heavy (non-hydrogen) atoms. The van der Waals surface area contributed by atoms with Gasteiger partial charge in [-0.15, -0.1) is 0 Å². The van der Waals surface area contributed by atoms with E-state index in [2.05, 4.69) is 5.32 Å². The molecular formula is C10H12FN. The fourth-order valence-electron chi connectivity index (χ4n) is 1.47. The highest BCUT2D eigenvalue weighted by molar-refractivity contribution is 5.27. The van der Waals surface area contributed by atoms with Crippen LogP contribution in [0.25, 0.3) is 0 Å². The van der Waals surface area contributed by atoms with E-state index in [-0.39, 0.29) is 11.9 Å². The number of benzene rings is 1. The standard InChI is InChI=1S/C10H12FN/c1-7-2-3-8(9(11)6-7)10-4-5-12-10/h2-3,6,10,12H,4-5H2,1H3. The molecule has 0 saturated carbocycles. The van der Waals surface area contributed by atoms with Crippen LogP contribution < -0.4 is 5.32 Å². The third kappa shape index (κ3) is 1.23. The van der Waals surface area contributed by atoms with Gasteiger partial charge in [0.25, 0.3) is 0 Å². The van der Waals surface area contributed by atoms with Crippen LogP contribution in [0.5, 0.6) is 0 Å². The molecule has 0 aliphatic carbocycles. The normalized spacial score (nSPS) is 22.0. The zero-order chi connectivity index (χ0) is 8.55. The summed E-state index contributed by atoms with van der Waals surface area (Å²) in [6.45, 7) is 2.92. The molecule has 0 aromatic heterocycles. The van der Waals surface area contributed by atoms with E-state index in [9.17, 15) is 4.39 Å². The summed E-state index contributed by atoms with van der Waals surface area (Å²) in [6.07, 6.45) is 1.06. The van der Waals surface area contributed by atoms with E-state index in [0.29, 0.717) is 0 Å². The summed E-state index contributed by atoms with van der Waals surface area (Å²) in [6, 6.07) is 5.68. The fourth-order valence-corrected chi connectivity index (χ4v) is 1.47. The minimum Gasteiger partial charge on any atom is -0.310 e. The molecule has 1 N–H and O–H groups in total. The Morgan fingerprint density at radius 3 is 2.75 bits per heavy atom. The molecule has 1 aliphatic heterocycles. The second-order valence-electron chi connectivity index (χ2n) is 3.32. The number of hydrogen-bond acceptors (Lipinski definition) is 1. The van der Waals surface area contributed by atoms with Crippen LogP contribution in [0.1, 0.15) is 23.6 Å². The molecule has 0 radical (unpaired) electrons. The highest BCUT2D eigenvalue weighted by Gasteiger charge is 2.21. The lowest BCUT2D eigenvalue weighted by Crippen LogP contribution is -2.35. The zero-order valence-corrected chi connectivity index (χ0v) is 7.10. The topological polar surface area (TPSA) is 12.0 Å². The highest BCUT2D eigenvalue weighted by Crippen LogP contribution is 2.25. The Kier molecular flexibility index (Phi) is 1.85. The largest absolute Gasteiger partial charge is 0.310 e. The average molecular weight is 165 g/mol. The first kappa shape index (κ1) is 7.74. The molecule has 0 bridgehead atoms. The van der Waals surface area contributed by atoms with E-state index in [0.717, 1.165) is 24.1 Å². The van der Waals surface area contributed by atoms with Crippen LogP contribution in [0.2, 0.25) is 0 Å². The second-order valence-corrected chi connectivity index (χ2v) is 3.32. The van der Waals surface area contributed by atoms with Crippen molar-refractivity contribution >= 4 is 0 Å². The average Bonchev–Trinajstić information content (AvgIpc) is 1.91. The van der Waals surface area contributed by atoms with Crippen molar-refractivity contribution in [3.8, 4) is 0 Å². The van der Waals surface area contributed by atoms with Gasteiger partial charge in [0.2, 0.25) is 0 Å². The Morgan fingerprint density at radius 2 is 2.25 bits per heavy atom. The zero-order valence-electron chi connectivity index (χ0n) is 7.10. The summed E-state index contributed by atoms with van der Waals surface area (Å²) in [4.78, 5) is 0. The van der Waals surface area contributed by atoms with Crippen LogP contribution >= 0.6 is 0 Å². The molecule has 1 unspecified atom stereocenters. The van der Waals surface area contributed by atoms with E-state index in [1.54, 1.807) is 6.07 Å². The van der Waals surface area contributed by atoms with Gasteiger partial charge in [-0.2, -0.15) is 0 Å². The van der Waals surface area contributed by atoms with Gasteiger partial charge in [0.1, 0.15) is 5.82 Å². The van der Waals surface area contributed by atoms with Crippen molar-refractivity contribution in [2.24, 2.45) is 0 Å². The van der Waals surface area contributed by atoms with Crippen LogP contribution in [0.15, 0.2) is 18.2 Å². The van der Waals surface area contributed by atoms with Gasteiger partial charge < -0.3 is 5.32 Å². The third-order valence-electron chi connectivity index (χ3n) is 2.36. The van der Waals surface area contributed by atoms with Crippen molar-refractivity contribution in [3.63, 3.8) is 0 Å². The van der Waals surface area contributed by atoms with E-state index in [1.807, 2.05) is 19.1 Å². The summed E-state index contributed by atoms with van der Waals surface area (Å²) < 4.78 is 13.3. The molecule has 0 spiro atoms. The first-order valence-electron chi connectivity index (χ1n) is 4.27. The van der Waals surface area contributed by atoms with Crippen LogP contribution in [0.3, 0.4) is 0 Å². The Bertz CT molecular complexity index is 292. The highest BCUT2D eigenvalue weighted by atomic mass is 19.1. The maximum atomic E-state index is 13.3. The van der Waals surface area contributed by atoms with Crippen LogP contribution in [0, 0.1) is 12.7 Å². The van der Waals surface area contributed by atoms with Gasteiger partial charge in [-0.05, 0) is 31.5 Å².